The van der Waals surface area contributed by atoms with Gasteiger partial charge >= 0.3 is 0 Å². The van der Waals surface area contributed by atoms with Gasteiger partial charge in [0.25, 0.3) is 5.91 Å². The fourth-order valence-corrected chi connectivity index (χ4v) is 3.22. The van der Waals surface area contributed by atoms with Gasteiger partial charge in [-0.2, -0.15) is 10.2 Å². The van der Waals surface area contributed by atoms with Crippen molar-refractivity contribution in [2.75, 3.05) is 0 Å². The topological polar surface area (TPSA) is 79.4 Å². The first-order valence-corrected chi connectivity index (χ1v) is 10.6. The van der Waals surface area contributed by atoms with E-state index in [1.807, 2.05) is 97.9 Å². The van der Waals surface area contributed by atoms with Crippen LogP contribution < -0.4 is 10.2 Å². The number of benzene rings is 3. The van der Waals surface area contributed by atoms with E-state index in [2.05, 4.69) is 20.7 Å². The Morgan fingerprint density at radius 3 is 2.48 bits per heavy atom. The van der Waals surface area contributed by atoms with E-state index in [-0.39, 0.29) is 5.91 Å². The molecule has 1 heterocycles. The van der Waals surface area contributed by atoms with Gasteiger partial charge in [0, 0.05) is 5.56 Å². The van der Waals surface area contributed by atoms with E-state index < -0.39 is 0 Å². The van der Waals surface area contributed by atoms with Crippen LogP contribution >= 0.6 is 0 Å². The summed E-state index contributed by atoms with van der Waals surface area (Å²) in [6.45, 7) is 2.36. The molecule has 0 aliphatic heterocycles. The molecule has 33 heavy (non-hydrogen) atoms. The molecule has 4 rings (SSSR count). The molecular weight excluding hydrogens is 412 g/mol. The van der Waals surface area contributed by atoms with Crippen molar-refractivity contribution in [3.8, 4) is 17.0 Å². The Labute approximate surface area is 192 Å². The van der Waals surface area contributed by atoms with E-state index in [1.54, 1.807) is 12.3 Å². The number of hydrogen-bond donors (Lipinski definition) is 2. The summed E-state index contributed by atoms with van der Waals surface area (Å²) in [5, 5.41) is 11.1. The highest BCUT2D eigenvalue weighted by Gasteiger charge is 2.13. The van der Waals surface area contributed by atoms with Crippen molar-refractivity contribution in [2.24, 2.45) is 5.10 Å². The Morgan fingerprint density at radius 1 is 1.00 bits per heavy atom. The van der Waals surface area contributed by atoms with E-state index in [0.717, 1.165) is 22.3 Å². The van der Waals surface area contributed by atoms with Gasteiger partial charge in [-0.25, -0.2) is 5.43 Å². The minimum atomic E-state index is -0.375. The van der Waals surface area contributed by atoms with Crippen molar-refractivity contribution in [3.05, 3.63) is 113 Å². The average molecular weight is 437 g/mol. The SMILES string of the molecule is CC(=C/c1ccccc1)/C=N/NC(=O)c1cc(-c2ccccc2OCc2ccccc2)n[nH]1. The number of rotatable bonds is 8. The maximum atomic E-state index is 12.5. The number of hydrazone groups is 1. The molecule has 2 N–H and O–H groups in total. The zero-order valence-corrected chi connectivity index (χ0v) is 18.2. The third-order valence-corrected chi connectivity index (χ3v) is 4.85. The Kier molecular flexibility index (Phi) is 7.08. The third kappa shape index (κ3) is 6.04. The molecule has 6 heteroatoms. The Bertz CT molecular complexity index is 1260. The number of allylic oxidation sites excluding steroid dienone is 1. The summed E-state index contributed by atoms with van der Waals surface area (Å²) in [6, 6.07) is 29.2. The smallest absolute Gasteiger partial charge is 0.289 e. The van der Waals surface area contributed by atoms with Gasteiger partial charge in [-0.1, -0.05) is 78.9 Å². The third-order valence-electron chi connectivity index (χ3n) is 4.85. The van der Waals surface area contributed by atoms with Gasteiger partial charge < -0.3 is 4.74 Å². The van der Waals surface area contributed by atoms with E-state index in [1.165, 1.54) is 0 Å². The number of carbonyl (C=O) groups excluding carboxylic acids is 1. The summed E-state index contributed by atoms with van der Waals surface area (Å²) in [6.07, 6.45) is 3.59. The van der Waals surface area contributed by atoms with Crippen molar-refractivity contribution in [1.29, 1.82) is 0 Å². The standard InChI is InChI=1S/C27H24N4O2/c1-20(16-21-10-4-2-5-11-21)18-28-31-27(32)25-17-24(29-30-25)23-14-8-9-15-26(23)33-19-22-12-6-3-7-13-22/h2-18H,19H2,1H3,(H,29,30)(H,31,32)/b20-16-,28-18+. The van der Waals surface area contributed by atoms with Crippen molar-refractivity contribution in [3.63, 3.8) is 0 Å². The highest BCUT2D eigenvalue weighted by Crippen LogP contribution is 2.29. The lowest BCUT2D eigenvalue weighted by atomic mass is 10.1. The number of hydrogen-bond acceptors (Lipinski definition) is 4. The van der Waals surface area contributed by atoms with Gasteiger partial charge in [0.2, 0.25) is 0 Å². The normalized spacial score (nSPS) is 11.5. The van der Waals surface area contributed by atoms with Crippen molar-refractivity contribution in [1.82, 2.24) is 15.6 Å². The minimum absolute atomic E-state index is 0.310. The number of nitrogens with one attached hydrogen (secondary N) is 2. The van der Waals surface area contributed by atoms with Gasteiger partial charge in [-0.05, 0) is 41.8 Å². The van der Waals surface area contributed by atoms with E-state index >= 15 is 0 Å². The fourth-order valence-electron chi connectivity index (χ4n) is 3.22. The second kappa shape index (κ2) is 10.7. The van der Waals surface area contributed by atoms with Gasteiger partial charge in [0.15, 0.2) is 0 Å². The van der Waals surface area contributed by atoms with Crippen LogP contribution in [0.15, 0.2) is 102 Å². The van der Waals surface area contributed by atoms with Crippen LogP contribution in [0.25, 0.3) is 17.3 Å². The summed E-state index contributed by atoms with van der Waals surface area (Å²) < 4.78 is 6.00. The molecule has 1 amide bonds. The molecule has 6 nitrogen and oxygen atoms in total. The molecule has 0 spiro atoms. The zero-order chi connectivity index (χ0) is 22.9. The van der Waals surface area contributed by atoms with Gasteiger partial charge in [-0.3, -0.25) is 9.89 Å². The number of amides is 1. The monoisotopic (exact) mass is 436 g/mol. The number of nitrogens with zero attached hydrogens (tertiary/aromatic N) is 2. The van der Waals surface area contributed by atoms with Crippen molar-refractivity contribution < 1.29 is 9.53 Å². The van der Waals surface area contributed by atoms with Crippen LogP contribution in [0.5, 0.6) is 5.75 Å². The number of H-pyrrole nitrogens is 1. The van der Waals surface area contributed by atoms with E-state index in [4.69, 9.17) is 4.74 Å². The van der Waals surface area contributed by atoms with Crippen LogP contribution in [-0.2, 0) is 6.61 Å². The van der Waals surface area contributed by atoms with Crippen molar-refractivity contribution >= 4 is 18.2 Å². The zero-order valence-electron chi connectivity index (χ0n) is 18.2. The molecule has 0 radical (unpaired) electrons. The predicted molar refractivity (Wildman–Crippen MR) is 131 cm³/mol. The van der Waals surface area contributed by atoms with Gasteiger partial charge in [0.05, 0.1) is 11.9 Å². The molecule has 0 aliphatic rings. The minimum Gasteiger partial charge on any atom is -0.488 e. The fraction of sp³-hybridized carbons (Fsp3) is 0.0741. The first-order valence-electron chi connectivity index (χ1n) is 10.6. The largest absolute Gasteiger partial charge is 0.488 e. The van der Waals surface area contributed by atoms with Crippen molar-refractivity contribution in [2.45, 2.75) is 13.5 Å². The Hall–Kier alpha value is -4.45. The van der Waals surface area contributed by atoms with Crippen LogP contribution in [0.2, 0.25) is 0 Å². The Balaban J connectivity index is 1.40. The molecule has 0 aliphatic carbocycles. The molecule has 4 aromatic rings. The number of aromatic nitrogens is 2. The lowest BCUT2D eigenvalue weighted by molar-refractivity contribution is 0.0950. The molecular formula is C27H24N4O2. The predicted octanol–water partition coefficient (Wildman–Crippen LogP) is 5.47. The average Bonchev–Trinajstić information content (AvgIpc) is 3.34. The Morgan fingerprint density at radius 2 is 1.70 bits per heavy atom. The van der Waals surface area contributed by atoms with Gasteiger partial charge in [0.1, 0.15) is 18.1 Å². The maximum absolute atomic E-state index is 12.5. The highest BCUT2D eigenvalue weighted by molar-refractivity contribution is 5.94. The summed E-state index contributed by atoms with van der Waals surface area (Å²) in [5.74, 6) is 0.319. The van der Waals surface area contributed by atoms with Crippen LogP contribution in [-0.4, -0.2) is 22.3 Å². The van der Waals surface area contributed by atoms with Gasteiger partial charge in [-0.15, -0.1) is 0 Å². The molecule has 164 valence electrons. The second-order valence-electron chi connectivity index (χ2n) is 7.44. The molecule has 3 aromatic carbocycles. The van der Waals surface area contributed by atoms with E-state index in [9.17, 15) is 4.79 Å². The number of ether oxygens (including phenoxy) is 1. The highest BCUT2D eigenvalue weighted by atomic mass is 16.5. The summed E-state index contributed by atoms with van der Waals surface area (Å²) in [5.41, 5.74) is 7.31. The quantitative estimate of drug-likeness (QED) is 0.284. The molecule has 0 bridgehead atoms. The molecule has 0 saturated carbocycles. The van der Waals surface area contributed by atoms with Crippen LogP contribution in [0.1, 0.15) is 28.5 Å². The maximum Gasteiger partial charge on any atom is 0.289 e. The van der Waals surface area contributed by atoms with Crippen LogP contribution in [0.3, 0.4) is 0 Å². The first-order chi connectivity index (χ1) is 16.2. The summed E-state index contributed by atoms with van der Waals surface area (Å²) in [4.78, 5) is 12.5. The van der Waals surface area contributed by atoms with Crippen LogP contribution in [0.4, 0.5) is 0 Å². The lowest BCUT2D eigenvalue weighted by Crippen LogP contribution is -2.17. The summed E-state index contributed by atoms with van der Waals surface area (Å²) >= 11 is 0. The molecule has 0 saturated heterocycles. The number of aromatic amines is 1. The first kappa shape index (κ1) is 21.8. The number of carbonyl (C=O) groups is 1. The van der Waals surface area contributed by atoms with E-state index in [0.29, 0.717) is 23.7 Å². The lowest BCUT2D eigenvalue weighted by Gasteiger charge is -2.10. The molecule has 0 atom stereocenters. The molecule has 0 fully saturated rings. The second-order valence-corrected chi connectivity index (χ2v) is 7.44. The van der Waals surface area contributed by atoms with Crippen LogP contribution in [0, 0.1) is 0 Å². The number of para-hydroxylation sites is 1. The summed E-state index contributed by atoms with van der Waals surface area (Å²) in [7, 11) is 0. The molecule has 1 aromatic heterocycles. The molecule has 0 unspecified atom stereocenters.